The summed E-state index contributed by atoms with van der Waals surface area (Å²) in [5.41, 5.74) is 4.21. The fraction of sp³-hybridized carbons (Fsp3) is 0.227. The largest absolute Gasteiger partial charge is 0.300 e. The number of nitrogens with zero attached hydrogens (tertiary/aromatic N) is 2. The molecule has 3 aromatic rings. The van der Waals surface area contributed by atoms with Gasteiger partial charge in [0.05, 0.1) is 11.7 Å². The van der Waals surface area contributed by atoms with Crippen LogP contribution in [0.5, 0.6) is 0 Å². The third kappa shape index (κ3) is 3.11. The van der Waals surface area contributed by atoms with Gasteiger partial charge in [-0.25, -0.2) is 8.89 Å². The maximum absolute atomic E-state index is 12.0. The lowest BCUT2D eigenvalue weighted by atomic mass is 9.89. The van der Waals surface area contributed by atoms with Crippen molar-refractivity contribution in [1.29, 1.82) is 0 Å². The molecule has 6 nitrogen and oxygen atoms in total. The van der Waals surface area contributed by atoms with Gasteiger partial charge in [0, 0.05) is 23.3 Å². The van der Waals surface area contributed by atoms with Gasteiger partial charge < -0.3 is 0 Å². The molecule has 1 fully saturated rings. The van der Waals surface area contributed by atoms with E-state index < -0.39 is 11.0 Å². The van der Waals surface area contributed by atoms with E-state index in [1.54, 1.807) is 13.1 Å². The van der Waals surface area contributed by atoms with Gasteiger partial charge in [0.15, 0.2) is 16.0 Å². The fourth-order valence-corrected chi connectivity index (χ4v) is 4.94. The van der Waals surface area contributed by atoms with Crippen molar-refractivity contribution in [3.05, 3.63) is 60.3 Å². The predicted molar refractivity (Wildman–Crippen MR) is 112 cm³/mol. The van der Waals surface area contributed by atoms with E-state index in [4.69, 9.17) is 0 Å². The Bertz CT molecular complexity index is 1220. The minimum Gasteiger partial charge on any atom is -0.300 e. The molecule has 29 heavy (non-hydrogen) atoms. The Balaban J connectivity index is 1.46. The van der Waals surface area contributed by atoms with E-state index in [1.807, 2.05) is 18.2 Å². The molecule has 1 amide bonds. The van der Waals surface area contributed by atoms with Crippen molar-refractivity contribution < 1.29 is 13.8 Å². The highest BCUT2D eigenvalue weighted by molar-refractivity contribution is 7.93. The molecule has 1 saturated carbocycles. The summed E-state index contributed by atoms with van der Waals surface area (Å²) in [6, 6.07) is 14.4. The number of hydrogen-bond acceptors (Lipinski definition) is 4. The number of benzene rings is 2. The van der Waals surface area contributed by atoms with Crippen LogP contribution in [0, 0.1) is 0 Å². The molecule has 1 atom stereocenters. The Morgan fingerprint density at radius 1 is 1.17 bits per heavy atom. The van der Waals surface area contributed by atoms with Crippen LogP contribution in [0.15, 0.2) is 54.7 Å². The van der Waals surface area contributed by atoms with E-state index in [-0.39, 0.29) is 17.1 Å². The minimum atomic E-state index is -1.59. The normalized spacial score (nSPS) is 19.8. The van der Waals surface area contributed by atoms with Gasteiger partial charge in [-0.2, -0.15) is 5.10 Å². The van der Waals surface area contributed by atoms with Gasteiger partial charge in [-0.1, -0.05) is 30.3 Å². The second kappa shape index (κ2) is 6.49. The van der Waals surface area contributed by atoms with E-state index >= 15 is 0 Å². The summed E-state index contributed by atoms with van der Waals surface area (Å²) in [7, 11) is -1.59. The van der Waals surface area contributed by atoms with Gasteiger partial charge in [-0.05, 0) is 48.6 Å². The van der Waals surface area contributed by atoms with Crippen LogP contribution >= 0.6 is 0 Å². The molecule has 146 valence electrons. The topological polar surface area (TPSA) is 81.1 Å². The maximum atomic E-state index is 12.0. The Labute approximate surface area is 170 Å². The van der Waals surface area contributed by atoms with Crippen LogP contribution in [0.25, 0.3) is 27.1 Å². The second-order valence-electron chi connectivity index (χ2n) is 7.78. The quantitative estimate of drug-likeness (QED) is 0.706. The molecule has 0 bridgehead atoms. The zero-order valence-electron chi connectivity index (χ0n) is 15.8. The number of nitrogens with one attached hydrogen (secondary N) is 1. The molecule has 5 rings (SSSR count). The van der Waals surface area contributed by atoms with Crippen LogP contribution in [0.1, 0.15) is 31.7 Å². The number of aromatic nitrogens is 2. The van der Waals surface area contributed by atoms with Crippen LogP contribution in [0.2, 0.25) is 0 Å². The van der Waals surface area contributed by atoms with Crippen molar-refractivity contribution in [2.75, 3.05) is 0 Å². The number of carbonyl (C=O) groups excluding carboxylic acids is 2. The van der Waals surface area contributed by atoms with Crippen molar-refractivity contribution in [2.24, 2.45) is 0 Å². The first-order valence-corrected chi connectivity index (χ1v) is 10.6. The number of Topliss-reactive ketones (excluding diaryl/α,β-unsaturated/α-hetero) is 1. The number of amides is 1. The Hall–Kier alpha value is -3.06. The Kier molecular flexibility index (Phi) is 4.03. The molecule has 7 heteroatoms. The lowest BCUT2D eigenvalue weighted by Crippen LogP contribution is -2.17. The molecule has 1 aliphatic carbocycles. The number of rotatable bonds is 5. The summed E-state index contributed by atoms with van der Waals surface area (Å²) >= 11 is 0. The van der Waals surface area contributed by atoms with E-state index in [1.165, 1.54) is 16.3 Å². The minimum absolute atomic E-state index is 0.0472. The average molecular weight is 405 g/mol. The van der Waals surface area contributed by atoms with E-state index in [0.29, 0.717) is 11.4 Å². The third-order valence-electron chi connectivity index (χ3n) is 5.69. The molecule has 2 aromatic carbocycles. The predicted octanol–water partition coefficient (Wildman–Crippen LogP) is 3.31. The Morgan fingerprint density at radius 3 is 2.52 bits per heavy atom. The molecule has 1 aromatic heterocycles. The summed E-state index contributed by atoms with van der Waals surface area (Å²) < 4.78 is 15.9. The zero-order valence-corrected chi connectivity index (χ0v) is 16.7. The van der Waals surface area contributed by atoms with Crippen molar-refractivity contribution in [3.8, 4) is 11.1 Å². The van der Waals surface area contributed by atoms with Gasteiger partial charge in [0.2, 0.25) is 0 Å². The molecule has 2 heterocycles. The van der Waals surface area contributed by atoms with Crippen LogP contribution in [0.4, 0.5) is 0 Å². The van der Waals surface area contributed by atoms with Crippen LogP contribution < -0.4 is 4.72 Å². The van der Waals surface area contributed by atoms with E-state index in [2.05, 4.69) is 34.1 Å². The summed E-state index contributed by atoms with van der Waals surface area (Å²) in [5, 5.41) is 5.55. The lowest BCUT2D eigenvalue weighted by molar-refractivity contribution is -0.117. The summed E-state index contributed by atoms with van der Waals surface area (Å²) in [5.74, 6) is -0.138. The SMILES string of the molecule is CC(=O)CC1(c2ccc(-c3ccc4c(cnn4C4=CC(=O)NS4=O)c3)cc2)CC1. The molecular weight excluding hydrogens is 386 g/mol. The molecule has 0 radical (unpaired) electrons. The fourth-order valence-electron chi connectivity index (χ4n) is 4.08. The maximum Gasteiger partial charge on any atom is 0.258 e. The molecule has 0 saturated heterocycles. The monoisotopic (exact) mass is 405 g/mol. The summed E-state index contributed by atoms with van der Waals surface area (Å²) in [6.07, 6.45) is 5.79. The smallest absolute Gasteiger partial charge is 0.258 e. The summed E-state index contributed by atoms with van der Waals surface area (Å²) in [4.78, 5) is 23.0. The van der Waals surface area contributed by atoms with Gasteiger partial charge in [-0.3, -0.25) is 14.3 Å². The first-order valence-electron chi connectivity index (χ1n) is 9.48. The van der Waals surface area contributed by atoms with Crippen molar-refractivity contribution in [2.45, 2.75) is 31.6 Å². The first kappa shape index (κ1) is 18.0. The van der Waals surface area contributed by atoms with Crippen LogP contribution in [-0.4, -0.2) is 25.7 Å². The van der Waals surface area contributed by atoms with Crippen molar-refractivity contribution >= 4 is 38.6 Å². The van der Waals surface area contributed by atoms with Gasteiger partial charge in [0.25, 0.3) is 5.91 Å². The van der Waals surface area contributed by atoms with Crippen molar-refractivity contribution in [1.82, 2.24) is 14.5 Å². The van der Waals surface area contributed by atoms with Gasteiger partial charge in [-0.15, -0.1) is 0 Å². The molecule has 1 unspecified atom stereocenters. The standard InChI is InChI=1S/C22H19N3O3S/c1-14(26)12-22(8-9-22)18-5-2-15(3-6-18)16-4-7-19-17(10-16)13-23-25(19)21-11-20(27)24-29(21)28/h2-7,10-11,13H,8-9,12H2,1H3,(H,24,27). The number of carbonyl (C=O) groups is 2. The Morgan fingerprint density at radius 2 is 1.90 bits per heavy atom. The zero-order chi connectivity index (χ0) is 20.2. The lowest BCUT2D eigenvalue weighted by Gasteiger charge is -2.14. The first-order chi connectivity index (χ1) is 13.9. The van der Waals surface area contributed by atoms with E-state index in [0.717, 1.165) is 34.9 Å². The van der Waals surface area contributed by atoms with Gasteiger partial charge in [0.1, 0.15) is 5.78 Å². The van der Waals surface area contributed by atoms with E-state index in [9.17, 15) is 13.8 Å². The highest BCUT2D eigenvalue weighted by Crippen LogP contribution is 2.51. The number of hydrogen-bond donors (Lipinski definition) is 1. The average Bonchev–Trinajstić information content (AvgIpc) is 3.22. The second-order valence-corrected chi connectivity index (χ2v) is 8.94. The van der Waals surface area contributed by atoms with Crippen molar-refractivity contribution in [3.63, 3.8) is 0 Å². The number of ketones is 1. The highest BCUT2D eigenvalue weighted by atomic mass is 32.2. The van der Waals surface area contributed by atoms with Crippen LogP contribution in [0.3, 0.4) is 0 Å². The third-order valence-corrected chi connectivity index (χ3v) is 6.74. The molecule has 1 aliphatic heterocycles. The molecule has 1 N–H and O–H groups in total. The highest BCUT2D eigenvalue weighted by Gasteiger charge is 2.44. The number of fused-ring (bicyclic) bond motifs is 1. The molecular formula is C22H19N3O3S. The molecule has 0 spiro atoms. The molecule has 2 aliphatic rings. The van der Waals surface area contributed by atoms with Gasteiger partial charge >= 0.3 is 0 Å². The summed E-state index contributed by atoms with van der Waals surface area (Å²) in [6.45, 7) is 1.66. The van der Waals surface area contributed by atoms with Crippen LogP contribution in [-0.2, 0) is 26.0 Å².